The first kappa shape index (κ1) is 26.4. The number of carbonyl (C=O) groups is 2. The maximum atomic E-state index is 13.4. The second kappa shape index (κ2) is 13.6. The molecule has 2 aromatic carbocycles. The molecular formula is C27H35ClN2O3S. The molecule has 0 aliphatic heterocycles. The number of amides is 2. The number of rotatable bonds is 11. The van der Waals surface area contributed by atoms with E-state index in [1.807, 2.05) is 55.5 Å². The number of carbonyl (C=O) groups excluding carboxylic acids is 2. The van der Waals surface area contributed by atoms with Crippen LogP contribution in [0.3, 0.4) is 0 Å². The highest BCUT2D eigenvalue weighted by molar-refractivity contribution is 7.99. The van der Waals surface area contributed by atoms with Gasteiger partial charge in [0, 0.05) is 23.4 Å². The van der Waals surface area contributed by atoms with Gasteiger partial charge in [-0.1, -0.05) is 62.1 Å². The zero-order chi connectivity index (χ0) is 24.3. The second-order valence-electron chi connectivity index (χ2n) is 8.76. The van der Waals surface area contributed by atoms with Gasteiger partial charge in [0.2, 0.25) is 11.8 Å². The summed E-state index contributed by atoms with van der Waals surface area (Å²) in [5, 5.41) is 3.91. The average Bonchev–Trinajstić information content (AvgIpc) is 2.84. The number of methoxy groups -OCH3 is 1. The Labute approximate surface area is 212 Å². The van der Waals surface area contributed by atoms with E-state index in [-0.39, 0.29) is 17.9 Å². The minimum absolute atomic E-state index is 0.0412. The molecule has 5 nitrogen and oxygen atoms in total. The minimum Gasteiger partial charge on any atom is -0.497 e. The quantitative estimate of drug-likeness (QED) is 0.419. The summed E-state index contributed by atoms with van der Waals surface area (Å²) in [4.78, 5) is 28.4. The summed E-state index contributed by atoms with van der Waals surface area (Å²) in [6, 6.07) is 15.1. The molecule has 0 radical (unpaired) electrons. The van der Waals surface area contributed by atoms with Crippen molar-refractivity contribution in [3.63, 3.8) is 0 Å². The molecule has 1 atom stereocenters. The molecule has 0 bridgehead atoms. The van der Waals surface area contributed by atoms with Crippen molar-refractivity contribution in [3.05, 3.63) is 64.7 Å². The van der Waals surface area contributed by atoms with Gasteiger partial charge in [0.15, 0.2) is 0 Å². The molecule has 0 heterocycles. The maximum Gasteiger partial charge on any atom is 0.243 e. The number of ether oxygens (including phenoxy) is 1. The van der Waals surface area contributed by atoms with Crippen LogP contribution < -0.4 is 10.1 Å². The van der Waals surface area contributed by atoms with Gasteiger partial charge in [-0.05, 0) is 54.7 Å². The Morgan fingerprint density at radius 2 is 1.85 bits per heavy atom. The number of hydrogen-bond acceptors (Lipinski definition) is 4. The van der Waals surface area contributed by atoms with Crippen LogP contribution in [-0.2, 0) is 21.9 Å². The third-order valence-electron chi connectivity index (χ3n) is 6.21. The first-order valence-corrected chi connectivity index (χ1v) is 13.6. The highest BCUT2D eigenvalue weighted by Crippen LogP contribution is 2.22. The van der Waals surface area contributed by atoms with Gasteiger partial charge in [-0.15, -0.1) is 11.8 Å². The van der Waals surface area contributed by atoms with Gasteiger partial charge >= 0.3 is 0 Å². The van der Waals surface area contributed by atoms with Crippen molar-refractivity contribution in [3.8, 4) is 5.75 Å². The monoisotopic (exact) mass is 502 g/mol. The molecule has 34 heavy (non-hydrogen) atoms. The van der Waals surface area contributed by atoms with E-state index in [2.05, 4.69) is 5.32 Å². The fraction of sp³-hybridized carbons (Fsp3) is 0.481. The molecule has 3 rings (SSSR count). The third-order valence-corrected chi connectivity index (χ3v) is 7.43. The fourth-order valence-electron chi connectivity index (χ4n) is 4.40. The highest BCUT2D eigenvalue weighted by Gasteiger charge is 2.30. The molecule has 1 N–H and O–H groups in total. The van der Waals surface area contributed by atoms with Gasteiger partial charge in [-0.2, -0.15) is 0 Å². The van der Waals surface area contributed by atoms with Crippen molar-refractivity contribution >= 4 is 35.2 Å². The molecule has 7 heteroatoms. The molecule has 1 aliphatic rings. The largest absolute Gasteiger partial charge is 0.497 e. The van der Waals surface area contributed by atoms with Crippen LogP contribution in [0.4, 0.5) is 0 Å². The summed E-state index contributed by atoms with van der Waals surface area (Å²) < 4.78 is 5.36. The topological polar surface area (TPSA) is 58.6 Å². The van der Waals surface area contributed by atoms with Gasteiger partial charge in [-0.25, -0.2) is 0 Å². The van der Waals surface area contributed by atoms with E-state index in [1.165, 1.54) is 18.2 Å². The van der Waals surface area contributed by atoms with E-state index in [0.717, 1.165) is 42.6 Å². The molecular weight excluding hydrogens is 468 g/mol. The van der Waals surface area contributed by atoms with Crippen molar-refractivity contribution in [2.75, 3.05) is 12.9 Å². The maximum absolute atomic E-state index is 13.4. The lowest BCUT2D eigenvalue weighted by molar-refractivity contribution is -0.139. The molecule has 1 aliphatic carbocycles. The Bertz CT molecular complexity index is 949. The van der Waals surface area contributed by atoms with Crippen LogP contribution in [0.1, 0.15) is 56.6 Å². The first-order valence-electron chi connectivity index (χ1n) is 12.0. The molecule has 0 saturated heterocycles. The lowest BCUT2D eigenvalue weighted by atomic mass is 9.95. The Kier molecular flexibility index (Phi) is 10.6. The van der Waals surface area contributed by atoms with Crippen molar-refractivity contribution in [2.45, 2.75) is 69.8 Å². The van der Waals surface area contributed by atoms with Gasteiger partial charge in [0.05, 0.1) is 12.9 Å². The Hall–Kier alpha value is -2.18. The Morgan fingerprint density at radius 3 is 2.56 bits per heavy atom. The van der Waals surface area contributed by atoms with Crippen LogP contribution in [0.2, 0.25) is 5.02 Å². The minimum atomic E-state index is -0.507. The van der Waals surface area contributed by atoms with E-state index in [9.17, 15) is 9.59 Å². The molecule has 1 unspecified atom stereocenters. The number of thioether (sulfide) groups is 1. The lowest BCUT2D eigenvalue weighted by Gasteiger charge is -2.32. The van der Waals surface area contributed by atoms with Crippen LogP contribution in [0.5, 0.6) is 5.75 Å². The van der Waals surface area contributed by atoms with E-state index in [0.29, 0.717) is 29.5 Å². The predicted octanol–water partition coefficient (Wildman–Crippen LogP) is 5.84. The number of hydrogen-bond donors (Lipinski definition) is 1. The summed E-state index contributed by atoms with van der Waals surface area (Å²) in [5.74, 6) is 1.62. The fourth-order valence-corrected chi connectivity index (χ4v) is 5.47. The number of halogens is 1. The van der Waals surface area contributed by atoms with Crippen LogP contribution in [-0.4, -0.2) is 41.7 Å². The van der Waals surface area contributed by atoms with E-state index >= 15 is 0 Å². The van der Waals surface area contributed by atoms with Gasteiger partial charge < -0.3 is 15.0 Å². The van der Waals surface area contributed by atoms with Gasteiger partial charge in [-0.3, -0.25) is 9.59 Å². The molecule has 184 valence electrons. The van der Waals surface area contributed by atoms with Crippen molar-refractivity contribution in [1.29, 1.82) is 0 Å². The smallest absolute Gasteiger partial charge is 0.243 e. The Balaban J connectivity index is 1.72. The molecule has 1 fully saturated rings. The van der Waals surface area contributed by atoms with Crippen LogP contribution in [0.15, 0.2) is 48.5 Å². The molecule has 1 saturated carbocycles. The number of nitrogens with one attached hydrogen (secondary N) is 1. The van der Waals surface area contributed by atoms with Gasteiger partial charge in [0.25, 0.3) is 0 Å². The van der Waals surface area contributed by atoms with E-state index in [4.69, 9.17) is 16.3 Å². The van der Waals surface area contributed by atoms with E-state index in [1.54, 1.807) is 12.0 Å². The number of benzene rings is 2. The standard InChI is InChI=1S/C27H35ClN2O3S/c1-3-25(27(32)29-23-12-5-4-6-13-23)30(17-20-9-8-14-24(16-20)33-2)26(31)19-34-18-21-10-7-11-22(28)15-21/h7-11,14-16,23,25H,3-6,12-13,17-19H2,1-2H3,(H,29,32). The first-order chi connectivity index (χ1) is 16.5. The molecule has 0 spiro atoms. The average molecular weight is 503 g/mol. The molecule has 2 amide bonds. The van der Waals surface area contributed by atoms with Crippen molar-refractivity contribution < 1.29 is 14.3 Å². The third kappa shape index (κ3) is 7.95. The SMILES string of the molecule is CCC(C(=O)NC1CCCCC1)N(Cc1cccc(OC)c1)C(=O)CSCc1cccc(Cl)c1. The summed E-state index contributed by atoms with van der Waals surface area (Å²) >= 11 is 7.63. The normalized spacial score (nSPS) is 14.9. The van der Waals surface area contributed by atoms with E-state index < -0.39 is 6.04 Å². The van der Waals surface area contributed by atoms with Crippen molar-refractivity contribution in [1.82, 2.24) is 10.2 Å². The number of nitrogens with zero attached hydrogens (tertiary/aromatic N) is 1. The highest BCUT2D eigenvalue weighted by atomic mass is 35.5. The molecule has 0 aromatic heterocycles. The summed E-state index contributed by atoms with van der Waals surface area (Å²) in [6.45, 7) is 2.33. The van der Waals surface area contributed by atoms with Crippen LogP contribution in [0.25, 0.3) is 0 Å². The summed E-state index contributed by atoms with van der Waals surface area (Å²) in [6.07, 6.45) is 6.12. The second-order valence-corrected chi connectivity index (χ2v) is 10.2. The van der Waals surface area contributed by atoms with Crippen LogP contribution in [0, 0.1) is 0 Å². The molecule has 2 aromatic rings. The zero-order valence-corrected chi connectivity index (χ0v) is 21.7. The Morgan fingerprint density at radius 1 is 1.12 bits per heavy atom. The summed E-state index contributed by atoms with van der Waals surface area (Å²) in [5.41, 5.74) is 2.02. The predicted molar refractivity (Wildman–Crippen MR) is 140 cm³/mol. The summed E-state index contributed by atoms with van der Waals surface area (Å²) in [7, 11) is 1.63. The van der Waals surface area contributed by atoms with Crippen molar-refractivity contribution in [2.24, 2.45) is 0 Å². The lowest BCUT2D eigenvalue weighted by Crippen LogP contribution is -2.52. The zero-order valence-electron chi connectivity index (χ0n) is 20.1. The van der Waals surface area contributed by atoms with Gasteiger partial charge in [0.1, 0.15) is 11.8 Å². The van der Waals surface area contributed by atoms with Crippen LogP contribution >= 0.6 is 23.4 Å².